The zero-order chi connectivity index (χ0) is 25.2. The van der Waals surface area contributed by atoms with Crippen LogP contribution in [-0.4, -0.2) is 41.1 Å². The summed E-state index contributed by atoms with van der Waals surface area (Å²) >= 11 is 12.8. The Morgan fingerprint density at radius 2 is 1.83 bits per heavy atom. The molecule has 1 saturated carbocycles. The van der Waals surface area contributed by atoms with Gasteiger partial charge in [-0.05, 0) is 48.7 Å². The Balaban J connectivity index is 1.41. The number of carboxylic acid groups (broad SMARTS) is 1. The highest BCUT2D eigenvalue weighted by molar-refractivity contribution is 6.35. The third-order valence-electron chi connectivity index (χ3n) is 6.13. The summed E-state index contributed by atoms with van der Waals surface area (Å²) in [4.78, 5) is 32.9. The van der Waals surface area contributed by atoms with Gasteiger partial charge in [-0.2, -0.15) is 0 Å². The number of halogens is 2. The Bertz CT molecular complexity index is 1360. The van der Waals surface area contributed by atoms with Gasteiger partial charge in [0.1, 0.15) is 11.3 Å². The third-order valence-corrected chi connectivity index (χ3v) is 6.75. The van der Waals surface area contributed by atoms with Gasteiger partial charge in [-0.15, -0.1) is 0 Å². The highest BCUT2D eigenvalue weighted by Gasteiger charge is 2.36. The maximum Gasteiger partial charge on any atom is 0.307 e. The van der Waals surface area contributed by atoms with E-state index in [1.165, 1.54) is 25.0 Å². The molecule has 184 valence electrons. The molecule has 1 N–H and O–H groups in total. The molecule has 0 saturated heterocycles. The van der Waals surface area contributed by atoms with Crippen molar-refractivity contribution in [2.24, 2.45) is 0 Å². The van der Waals surface area contributed by atoms with Crippen LogP contribution < -0.4 is 14.5 Å². The Morgan fingerprint density at radius 3 is 2.58 bits per heavy atom. The monoisotopic (exact) mass is 523 g/mol. The van der Waals surface area contributed by atoms with E-state index >= 15 is 0 Å². The van der Waals surface area contributed by atoms with Crippen LogP contribution >= 0.6 is 23.2 Å². The van der Waals surface area contributed by atoms with Gasteiger partial charge in [0.15, 0.2) is 0 Å². The minimum Gasteiger partial charge on any atom is -0.481 e. The topological polar surface area (TPSA) is 83.0 Å². The number of carbonyl (C=O) groups is 2. The summed E-state index contributed by atoms with van der Waals surface area (Å²) in [5, 5.41) is 9.39. The van der Waals surface area contributed by atoms with Crippen LogP contribution in [0.1, 0.15) is 35.2 Å². The minimum absolute atomic E-state index is 0.122. The van der Waals surface area contributed by atoms with Crippen molar-refractivity contribution in [2.45, 2.75) is 25.3 Å². The molecule has 0 bridgehead atoms. The van der Waals surface area contributed by atoms with Gasteiger partial charge in [0.2, 0.25) is 5.88 Å². The van der Waals surface area contributed by atoms with Gasteiger partial charge in [-0.25, -0.2) is 4.98 Å². The van der Waals surface area contributed by atoms with E-state index in [4.69, 9.17) is 33.0 Å². The smallest absolute Gasteiger partial charge is 0.307 e. The molecule has 0 radical (unpaired) electrons. The molecule has 3 aromatic rings. The number of benzene rings is 2. The van der Waals surface area contributed by atoms with Crippen LogP contribution in [0.5, 0.6) is 11.6 Å². The number of aliphatic carboxylic acids is 1. The highest BCUT2D eigenvalue weighted by Crippen LogP contribution is 2.41. The number of aromatic nitrogens is 1. The summed E-state index contributed by atoms with van der Waals surface area (Å²) in [6.07, 6.45) is 6.84. The average molecular weight is 524 g/mol. The molecule has 0 unspecified atom stereocenters. The molecule has 1 aliphatic carbocycles. The molecule has 36 heavy (non-hydrogen) atoms. The fraction of sp³-hybridized carbons (Fsp3) is 0.222. The number of pyridine rings is 1. The van der Waals surface area contributed by atoms with Crippen LogP contribution in [-0.2, 0) is 4.79 Å². The predicted octanol–water partition coefficient (Wildman–Crippen LogP) is 6.30. The predicted molar refractivity (Wildman–Crippen MR) is 141 cm³/mol. The summed E-state index contributed by atoms with van der Waals surface area (Å²) in [6.45, 7) is 1.33. The highest BCUT2D eigenvalue weighted by atomic mass is 35.5. The van der Waals surface area contributed by atoms with Crippen LogP contribution in [0.4, 0.5) is 11.4 Å². The lowest BCUT2D eigenvalue weighted by Gasteiger charge is -2.38. The van der Waals surface area contributed by atoms with Crippen molar-refractivity contribution in [1.29, 1.82) is 0 Å². The maximum absolute atomic E-state index is 13.7. The lowest BCUT2D eigenvalue weighted by atomic mass is 10.1. The number of ether oxygens (including phenoxy) is 1. The summed E-state index contributed by atoms with van der Waals surface area (Å²) in [5.74, 6) is -0.797. The second-order valence-electron chi connectivity index (χ2n) is 8.63. The number of hydrogen-bond donors (Lipinski definition) is 1. The molecular formula is C27H23Cl2N3O4. The molecular weight excluding hydrogens is 501 g/mol. The number of carboxylic acids is 1. The molecule has 1 amide bonds. The zero-order valence-electron chi connectivity index (χ0n) is 19.2. The number of hydrogen-bond acceptors (Lipinski definition) is 5. The van der Waals surface area contributed by atoms with E-state index < -0.39 is 5.97 Å². The summed E-state index contributed by atoms with van der Waals surface area (Å²) in [7, 11) is 0. The van der Waals surface area contributed by atoms with Crippen molar-refractivity contribution in [3.63, 3.8) is 0 Å². The molecule has 7 nitrogen and oxygen atoms in total. The van der Waals surface area contributed by atoms with E-state index in [1.807, 2.05) is 18.2 Å². The Labute approximate surface area is 218 Å². The Hall–Kier alpha value is -3.55. The number of amides is 1. The van der Waals surface area contributed by atoms with Crippen LogP contribution in [0.3, 0.4) is 0 Å². The number of carbonyl (C=O) groups excluding carboxylic acids is 1. The molecule has 2 aliphatic rings. The summed E-state index contributed by atoms with van der Waals surface area (Å²) in [5.41, 5.74) is 2.80. The van der Waals surface area contributed by atoms with Crippen molar-refractivity contribution >= 4 is 52.5 Å². The van der Waals surface area contributed by atoms with E-state index in [1.54, 1.807) is 35.4 Å². The van der Waals surface area contributed by atoms with Crippen molar-refractivity contribution in [1.82, 2.24) is 4.98 Å². The number of nitrogens with zero attached hydrogens (tertiary/aromatic N) is 3. The number of anilines is 2. The first-order valence-corrected chi connectivity index (χ1v) is 12.4. The molecule has 0 spiro atoms. The van der Waals surface area contributed by atoms with Gasteiger partial charge >= 0.3 is 5.97 Å². The van der Waals surface area contributed by atoms with E-state index in [2.05, 4.69) is 16.0 Å². The first-order valence-electron chi connectivity index (χ1n) is 11.6. The molecule has 9 heteroatoms. The Morgan fingerprint density at radius 1 is 1.06 bits per heavy atom. The minimum atomic E-state index is -0.947. The van der Waals surface area contributed by atoms with Crippen molar-refractivity contribution in [3.8, 4) is 11.6 Å². The van der Waals surface area contributed by atoms with E-state index in [0.717, 1.165) is 17.9 Å². The van der Waals surface area contributed by atoms with Crippen molar-refractivity contribution < 1.29 is 19.4 Å². The van der Waals surface area contributed by atoms with Gasteiger partial charge in [0.05, 0.1) is 27.8 Å². The van der Waals surface area contributed by atoms with E-state index in [0.29, 0.717) is 28.7 Å². The summed E-state index contributed by atoms with van der Waals surface area (Å²) in [6, 6.07) is 15.0. The average Bonchev–Trinajstić information content (AvgIpc) is 3.71. The number of rotatable bonds is 7. The molecule has 1 aliphatic heterocycles. The number of fused-ring (bicyclic) bond motifs is 1. The van der Waals surface area contributed by atoms with Crippen molar-refractivity contribution in [3.05, 3.63) is 82.0 Å². The van der Waals surface area contributed by atoms with Crippen LogP contribution in [0.15, 0.2) is 60.8 Å². The largest absolute Gasteiger partial charge is 0.481 e. The molecule has 5 rings (SSSR count). The second kappa shape index (κ2) is 10.2. The zero-order valence-corrected chi connectivity index (χ0v) is 20.7. The Kier molecular flexibility index (Phi) is 6.85. The molecule has 2 aromatic carbocycles. The second-order valence-corrected chi connectivity index (χ2v) is 9.45. The van der Waals surface area contributed by atoms with E-state index in [-0.39, 0.29) is 29.0 Å². The summed E-state index contributed by atoms with van der Waals surface area (Å²) < 4.78 is 5.98. The first-order chi connectivity index (χ1) is 17.4. The first kappa shape index (κ1) is 24.2. The normalized spacial score (nSPS) is 15.2. The fourth-order valence-corrected chi connectivity index (χ4v) is 4.71. The van der Waals surface area contributed by atoms with Crippen LogP contribution in [0.25, 0.3) is 6.08 Å². The van der Waals surface area contributed by atoms with Crippen LogP contribution in [0, 0.1) is 0 Å². The fourth-order valence-electron chi connectivity index (χ4n) is 4.28. The molecule has 0 atom stereocenters. The lowest BCUT2D eigenvalue weighted by molar-refractivity contribution is -0.135. The quantitative estimate of drug-likeness (QED) is 0.391. The molecule has 1 fully saturated rings. The van der Waals surface area contributed by atoms with Crippen LogP contribution in [0.2, 0.25) is 10.0 Å². The van der Waals surface area contributed by atoms with Gasteiger partial charge < -0.3 is 19.6 Å². The van der Waals surface area contributed by atoms with Gasteiger partial charge in [0.25, 0.3) is 5.91 Å². The van der Waals surface area contributed by atoms with Gasteiger partial charge in [0, 0.05) is 31.4 Å². The van der Waals surface area contributed by atoms with E-state index in [9.17, 15) is 9.59 Å². The van der Waals surface area contributed by atoms with Gasteiger partial charge in [-0.3, -0.25) is 9.59 Å². The van der Waals surface area contributed by atoms with Crippen molar-refractivity contribution in [2.75, 3.05) is 22.9 Å². The number of para-hydroxylation sites is 2. The third kappa shape index (κ3) is 5.03. The lowest BCUT2D eigenvalue weighted by Crippen LogP contribution is -2.45. The van der Waals surface area contributed by atoms with Gasteiger partial charge in [-0.1, -0.05) is 47.5 Å². The maximum atomic E-state index is 13.7. The standard InChI is InChI=1S/C27H23Cl2N3O4/c28-20-16-24(21(29)15-17(20)5-3-9-25(33)34)36-26-19(6-4-12-30-26)27(35)32-14-13-31(18-10-11-18)22-7-1-2-8-23(22)32/h1-8,12,15-16,18H,9-11,13-14H2,(H,33,34)/b5-3+. The molecule has 2 heterocycles. The molecule has 1 aromatic heterocycles. The SMILES string of the molecule is O=C(O)C/C=C/c1cc(Cl)c(Oc2ncccc2C(=O)N2CCN(C3CC3)c3ccccc32)cc1Cl.